The zero-order valence-corrected chi connectivity index (χ0v) is 9.01. The van der Waals surface area contributed by atoms with E-state index >= 15 is 0 Å². The molecule has 0 aromatic rings. The molecule has 2 aliphatic rings. The summed E-state index contributed by atoms with van der Waals surface area (Å²) >= 11 is 0. The minimum atomic E-state index is -0.845. The van der Waals surface area contributed by atoms with Gasteiger partial charge in [0.2, 0.25) is 5.76 Å². The SMILES string of the molecule is CNC1=C(C(N)=O)OC2=C(F)C=C(F)C=C1C2. The van der Waals surface area contributed by atoms with Crippen molar-refractivity contribution in [1.29, 1.82) is 0 Å². The molecule has 2 rings (SSSR count). The first-order valence-corrected chi connectivity index (χ1v) is 4.89. The molecule has 0 saturated carbocycles. The molecule has 0 saturated heterocycles. The first-order valence-electron chi connectivity index (χ1n) is 4.89. The van der Waals surface area contributed by atoms with Crippen molar-refractivity contribution in [3.05, 3.63) is 46.6 Å². The van der Waals surface area contributed by atoms with Crippen LogP contribution in [0.3, 0.4) is 0 Å². The lowest BCUT2D eigenvalue weighted by Gasteiger charge is -2.22. The van der Waals surface area contributed by atoms with Crippen molar-refractivity contribution < 1.29 is 18.3 Å². The molecule has 1 aliphatic carbocycles. The summed E-state index contributed by atoms with van der Waals surface area (Å²) in [5.41, 5.74) is 5.82. The van der Waals surface area contributed by atoms with Crippen molar-refractivity contribution in [1.82, 2.24) is 5.32 Å². The molecule has 1 aliphatic heterocycles. The molecule has 0 atom stereocenters. The number of likely N-dealkylation sites (N-methyl/N-ethyl adjacent to an activating group) is 1. The van der Waals surface area contributed by atoms with Gasteiger partial charge in [0.05, 0.1) is 5.70 Å². The lowest BCUT2D eigenvalue weighted by molar-refractivity contribution is -0.117. The number of ether oxygens (including phenoxy) is 1. The van der Waals surface area contributed by atoms with Crippen molar-refractivity contribution in [2.45, 2.75) is 6.42 Å². The molecule has 0 spiro atoms. The van der Waals surface area contributed by atoms with Gasteiger partial charge in [-0.05, 0) is 11.6 Å². The smallest absolute Gasteiger partial charge is 0.286 e. The molecule has 2 bridgehead atoms. The zero-order chi connectivity index (χ0) is 12.6. The minimum Gasteiger partial charge on any atom is -0.450 e. The van der Waals surface area contributed by atoms with E-state index in [9.17, 15) is 13.6 Å². The van der Waals surface area contributed by atoms with Gasteiger partial charge in [0, 0.05) is 19.5 Å². The zero-order valence-electron chi connectivity index (χ0n) is 9.01. The molecule has 17 heavy (non-hydrogen) atoms. The summed E-state index contributed by atoms with van der Waals surface area (Å²) in [6, 6.07) is 0. The van der Waals surface area contributed by atoms with Gasteiger partial charge in [0.15, 0.2) is 5.83 Å². The van der Waals surface area contributed by atoms with E-state index in [2.05, 4.69) is 5.32 Å². The van der Waals surface area contributed by atoms with Crippen LogP contribution in [0, 0.1) is 0 Å². The van der Waals surface area contributed by atoms with E-state index in [1.54, 1.807) is 7.05 Å². The summed E-state index contributed by atoms with van der Waals surface area (Å²) in [5.74, 6) is -2.75. The number of carbonyl (C=O) groups excluding carboxylic acids is 1. The Morgan fingerprint density at radius 2 is 2.18 bits per heavy atom. The molecule has 0 unspecified atom stereocenters. The number of hydrogen-bond donors (Lipinski definition) is 2. The first kappa shape index (κ1) is 11.4. The standard InChI is InChI=1S/C11H10F2N2O2/c1-15-9-5-2-6(12)4-7(13)8(3-5)17-10(9)11(14)16/h2,4,15H,3H2,1H3,(H2,14,16). The Bertz CT molecular complexity index is 516. The van der Waals surface area contributed by atoms with Gasteiger partial charge < -0.3 is 15.8 Å². The Labute approximate surface area is 96.1 Å². The first-order chi connectivity index (χ1) is 8.02. The highest BCUT2D eigenvalue weighted by Crippen LogP contribution is 2.35. The average Bonchev–Trinajstić information content (AvgIpc) is 2.36. The lowest BCUT2D eigenvalue weighted by atomic mass is 10.0. The minimum absolute atomic E-state index is 0.0721. The molecule has 0 aromatic heterocycles. The molecule has 0 fully saturated rings. The fraction of sp³-hybridized carbons (Fsp3) is 0.182. The third kappa shape index (κ3) is 1.93. The molecule has 90 valence electrons. The van der Waals surface area contributed by atoms with Crippen molar-refractivity contribution in [3.63, 3.8) is 0 Å². The van der Waals surface area contributed by atoms with E-state index in [4.69, 9.17) is 10.5 Å². The van der Waals surface area contributed by atoms with Gasteiger partial charge in [-0.25, -0.2) is 8.78 Å². The molecule has 4 nitrogen and oxygen atoms in total. The quantitative estimate of drug-likeness (QED) is 0.764. The number of amides is 1. The van der Waals surface area contributed by atoms with Crippen molar-refractivity contribution in [2.75, 3.05) is 7.05 Å². The normalized spacial score (nSPS) is 19.2. The van der Waals surface area contributed by atoms with E-state index in [0.717, 1.165) is 6.08 Å². The van der Waals surface area contributed by atoms with Crippen LogP contribution in [-0.2, 0) is 9.53 Å². The fourth-order valence-electron chi connectivity index (χ4n) is 1.73. The third-order valence-electron chi connectivity index (χ3n) is 2.44. The van der Waals surface area contributed by atoms with E-state index in [-0.39, 0.29) is 23.6 Å². The maximum absolute atomic E-state index is 13.4. The van der Waals surface area contributed by atoms with Crippen molar-refractivity contribution >= 4 is 5.91 Å². The topological polar surface area (TPSA) is 64.3 Å². The predicted octanol–water partition coefficient (Wildman–Crippen LogP) is 1.30. The molecule has 0 radical (unpaired) electrons. The highest BCUT2D eigenvalue weighted by Gasteiger charge is 2.29. The summed E-state index contributed by atoms with van der Waals surface area (Å²) in [7, 11) is 1.54. The second kappa shape index (κ2) is 4.04. The number of halogens is 2. The number of allylic oxidation sites excluding steroid dienone is 6. The van der Waals surface area contributed by atoms with E-state index in [1.807, 2.05) is 0 Å². The second-order valence-electron chi connectivity index (χ2n) is 3.57. The second-order valence-corrected chi connectivity index (χ2v) is 3.57. The van der Waals surface area contributed by atoms with Crippen LogP contribution < -0.4 is 11.1 Å². The Morgan fingerprint density at radius 1 is 1.47 bits per heavy atom. The van der Waals surface area contributed by atoms with Crippen LogP contribution in [0.25, 0.3) is 0 Å². The summed E-state index contributed by atoms with van der Waals surface area (Å²) in [6.45, 7) is 0. The van der Waals surface area contributed by atoms with Crippen LogP contribution in [0.1, 0.15) is 6.42 Å². The summed E-state index contributed by atoms with van der Waals surface area (Å²) in [6.07, 6.45) is 1.92. The van der Waals surface area contributed by atoms with Crippen LogP contribution in [0.15, 0.2) is 46.6 Å². The van der Waals surface area contributed by atoms with Gasteiger partial charge in [-0.1, -0.05) is 0 Å². The number of rotatable bonds is 2. The molecule has 0 aromatic carbocycles. The van der Waals surface area contributed by atoms with Gasteiger partial charge >= 0.3 is 0 Å². The molecular formula is C11H10F2N2O2. The molecule has 1 amide bonds. The van der Waals surface area contributed by atoms with Crippen LogP contribution >= 0.6 is 0 Å². The van der Waals surface area contributed by atoms with E-state index in [1.165, 1.54) is 0 Å². The fourth-order valence-corrected chi connectivity index (χ4v) is 1.73. The largest absolute Gasteiger partial charge is 0.450 e. The highest BCUT2D eigenvalue weighted by molar-refractivity contribution is 5.92. The average molecular weight is 240 g/mol. The van der Waals surface area contributed by atoms with Gasteiger partial charge in [-0.15, -0.1) is 0 Å². The van der Waals surface area contributed by atoms with E-state index in [0.29, 0.717) is 11.6 Å². The number of carbonyl (C=O) groups is 1. The van der Waals surface area contributed by atoms with E-state index < -0.39 is 17.6 Å². The van der Waals surface area contributed by atoms with Crippen molar-refractivity contribution in [2.24, 2.45) is 5.73 Å². The van der Waals surface area contributed by atoms with Gasteiger partial charge in [-0.2, -0.15) is 0 Å². The number of nitrogens with one attached hydrogen (secondary N) is 1. The number of hydrogen-bond acceptors (Lipinski definition) is 3. The van der Waals surface area contributed by atoms with Crippen LogP contribution in [0.5, 0.6) is 0 Å². The summed E-state index contributed by atoms with van der Waals surface area (Å²) < 4.78 is 31.8. The molecule has 3 N–H and O–H groups in total. The number of primary amides is 1. The van der Waals surface area contributed by atoms with Gasteiger partial charge in [-0.3, -0.25) is 4.79 Å². The lowest BCUT2D eigenvalue weighted by Crippen LogP contribution is -2.26. The maximum atomic E-state index is 13.4. The van der Waals surface area contributed by atoms with Gasteiger partial charge in [0.1, 0.15) is 11.6 Å². The predicted molar refractivity (Wildman–Crippen MR) is 56.4 cm³/mol. The molecule has 1 heterocycles. The van der Waals surface area contributed by atoms with Crippen LogP contribution in [0.2, 0.25) is 0 Å². The summed E-state index contributed by atoms with van der Waals surface area (Å²) in [4.78, 5) is 11.2. The van der Waals surface area contributed by atoms with Crippen LogP contribution in [0.4, 0.5) is 8.78 Å². The summed E-state index contributed by atoms with van der Waals surface area (Å²) in [5, 5.41) is 2.70. The Kier molecular flexibility index (Phi) is 2.71. The maximum Gasteiger partial charge on any atom is 0.286 e. The Balaban J connectivity index is 2.62. The van der Waals surface area contributed by atoms with Gasteiger partial charge in [0.25, 0.3) is 5.91 Å². The van der Waals surface area contributed by atoms with Crippen molar-refractivity contribution in [3.8, 4) is 0 Å². The third-order valence-corrected chi connectivity index (χ3v) is 2.44. The molecular weight excluding hydrogens is 230 g/mol. The number of fused-ring (bicyclic) bond motifs is 2. The molecule has 6 heteroatoms. The Morgan fingerprint density at radius 3 is 2.76 bits per heavy atom. The van der Waals surface area contributed by atoms with Crippen LogP contribution in [-0.4, -0.2) is 13.0 Å². The number of nitrogens with two attached hydrogens (primary N) is 1. The monoisotopic (exact) mass is 240 g/mol. The Hall–Kier alpha value is -2.11. The highest BCUT2D eigenvalue weighted by atomic mass is 19.1.